The molecule has 3 N–H and O–H groups in total. The molecule has 162 valence electrons. The van der Waals surface area contributed by atoms with Gasteiger partial charge >= 0.3 is 0 Å². The summed E-state index contributed by atoms with van der Waals surface area (Å²) in [6.07, 6.45) is 0.891. The molecular formula is C23H33N5O2. The molecule has 0 saturated carbocycles. The number of nitrogens with zero attached hydrogens (tertiary/aromatic N) is 2. The van der Waals surface area contributed by atoms with Gasteiger partial charge in [0, 0.05) is 18.8 Å². The Morgan fingerprint density at radius 3 is 2.50 bits per heavy atom. The Morgan fingerprint density at radius 1 is 1.07 bits per heavy atom. The van der Waals surface area contributed by atoms with Crippen LogP contribution in [0.2, 0.25) is 0 Å². The van der Waals surface area contributed by atoms with E-state index in [1.165, 1.54) is 5.56 Å². The number of benzene rings is 2. The van der Waals surface area contributed by atoms with Gasteiger partial charge in [-0.3, -0.25) is 4.79 Å². The highest BCUT2D eigenvalue weighted by Gasteiger charge is 2.04. The molecule has 0 aromatic heterocycles. The molecule has 30 heavy (non-hydrogen) atoms. The van der Waals surface area contributed by atoms with Crippen LogP contribution in [0.4, 0.5) is 5.69 Å². The largest absolute Gasteiger partial charge is 0.497 e. The predicted octanol–water partition coefficient (Wildman–Crippen LogP) is 2.49. The van der Waals surface area contributed by atoms with E-state index in [9.17, 15) is 4.79 Å². The van der Waals surface area contributed by atoms with Crippen molar-refractivity contribution in [1.82, 2.24) is 15.5 Å². The van der Waals surface area contributed by atoms with Gasteiger partial charge in [0.1, 0.15) is 5.75 Å². The number of guanidine groups is 1. The first-order valence-corrected chi connectivity index (χ1v) is 10.2. The van der Waals surface area contributed by atoms with Gasteiger partial charge in [-0.2, -0.15) is 0 Å². The van der Waals surface area contributed by atoms with E-state index < -0.39 is 0 Å². The second kappa shape index (κ2) is 12.5. The van der Waals surface area contributed by atoms with Crippen molar-refractivity contribution in [2.45, 2.75) is 19.9 Å². The van der Waals surface area contributed by atoms with Crippen LogP contribution in [-0.2, 0) is 17.8 Å². The molecule has 0 radical (unpaired) electrons. The maximum absolute atomic E-state index is 11.9. The summed E-state index contributed by atoms with van der Waals surface area (Å²) in [5.41, 5.74) is 3.05. The molecule has 0 aliphatic rings. The summed E-state index contributed by atoms with van der Waals surface area (Å²) in [6, 6.07) is 15.9. The molecule has 0 aliphatic carbocycles. The summed E-state index contributed by atoms with van der Waals surface area (Å²) in [4.78, 5) is 18.5. The third kappa shape index (κ3) is 8.53. The quantitative estimate of drug-likeness (QED) is 0.414. The van der Waals surface area contributed by atoms with Crippen molar-refractivity contribution in [2.24, 2.45) is 4.99 Å². The molecule has 2 rings (SSSR count). The van der Waals surface area contributed by atoms with E-state index in [1.54, 1.807) is 7.11 Å². The smallest absolute Gasteiger partial charge is 0.238 e. The Kier molecular flexibility index (Phi) is 9.67. The van der Waals surface area contributed by atoms with Crippen molar-refractivity contribution >= 4 is 17.6 Å². The summed E-state index contributed by atoms with van der Waals surface area (Å²) >= 11 is 0. The number of carbonyl (C=O) groups excluding carboxylic acids is 1. The van der Waals surface area contributed by atoms with E-state index in [2.05, 4.69) is 33.1 Å². The molecule has 2 aromatic carbocycles. The van der Waals surface area contributed by atoms with Crippen LogP contribution in [0.5, 0.6) is 5.75 Å². The van der Waals surface area contributed by atoms with Gasteiger partial charge in [0.05, 0.1) is 20.2 Å². The third-order valence-corrected chi connectivity index (χ3v) is 4.30. The normalized spacial score (nSPS) is 11.3. The van der Waals surface area contributed by atoms with Gasteiger partial charge in [-0.15, -0.1) is 0 Å². The molecule has 0 saturated heterocycles. The molecule has 0 heterocycles. The van der Waals surface area contributed by atoms with Crippen LogP contribution >= 0.6 is 0 Å². The first-order chi connectivity index (χ1) is 14.5. The Morgan fingerprint density at radius 2 is 1.83 bits per heavy atom. The topological polar surface area (TPSA) is 78.0 Å². The van der Waals surface area contributed by atoms with Crippen LogP contribution in [0.3, 0.4) is 0 Å². The molecule has 1 amide bonds. The molecule has 7 heteroatoms. The van der Waals surface area contributed by atoms with Gasteiger partial charge in [0.2, 0.25) is 5.91 Å². The summed E-state index contributed by atoms with van der Waals surface area (Å²) in [5, 5.41) is 9.56. The third-order valence-electron chi connectivity index (χ3n) is 4.30. The molecule has 0 aliphatic heterocycles. The van der Waals surface area contributed by atoms with E-state index in [0.29, 0.717) is 13.1 Å². The Balaban J connectivity index is 1.90. The second-order valence-electron chi connectivity index (χ2n) is 7.21. The number of carbonyl (C=O) groups is 1. The summed E-state index contributed by atoms with van der Waals surface area (Å²) in [6.45, 7) is 4.48. The van der Waals surface area contributed by atoms with Gasteiger partial charge in [-0.1, -0.05) is 24.3 Å². The number of nitrogens with one attached hydrogen (secondary N) is 3. The Bertz CT molecular complexity index is 819. The van der Waals surface area contributed by atoms with Gasteiger partial charge in [-0.25, -0.2) is 4.99 Å². The predicted molar refractivity (Wildman–Crippen MR) is 123 cm³/mol. The Hall–Kier alpha value is -3.06. The number of ether oxygens (including phenoxy) is 1. The maximum Gasteiger partial charge on any atom is 0.238 e. The Labute approximate surface area is 179 Å². The van der Waals surface area contributed by atoms with E-state index in [1.807, 2.05) is 62.3 Å². The van der Waals surface area contributed by atoms with Gasteiger partial charge in [0.15, 0.2) is 5.96 Å². The first kappa shape index (κ1) is 23.2. The van der Waals surface area contributed by atoms with Crippen molar-refractivity contribution in [3.05, 3.63) is 59.7 Å². The van der Waals surface area contributed by atoms with E-state index in [-0.39, 0.29) is 5.91 Å². The standard InChI is InChI=1S/C23H33N5O2/c1-5-24-23(25-14-13-18-9-11-21(30-4)12-10-18)26-16-19-7-6-8-20(15-19)27-22(29)17-28(2)3/h6-12,15H,5,13-14,16-17H2,1-4H3,(H,27,29)(H2,24,25,26). The molecule has 2 aromatic rings. The van der Waals surface area contributed by atoms with Crippen LogP contribution in [0.1, 0.15) is 18.1 Å². The fraction of sp³-hybridized carbons (Fsp3) is 0.391. The first-order valence-electron chi connectivity index (χ1n) is 10.2. The van der Waals surface area contributed by atoms with Crippen molar-refractivity contribution in [3.63, 3.8) is 0 Å². The minimum atomic E-state index is -0.0332. The molecule has 0 spiro atoms. The van der Waals surface area contributed by atoms with Crippen molar-refractivity contribution in [2.75, 3.05) is 46.2 Å². The summed E-state index contributed by atoms with van der Waals surface area (Å²) < 4.78 is 5.19. The number of hydrogen-bond donors (Lipinski definition) is 3. The van der Waals surface area contributed by atoms with E-state index >= 15 is 0 Å². The summed E-state index contributed by atoms with van der Waals surface area (Å²) in [5.74, 6) is 1.60. The average Bonchev–Trinajstić information content (AvgIpc) is 2.72. The van der Waals surface area contributed by atoms with Gasteiger partial charge in [0.25, 0.3) is 0 Å². The molecular weight excluding hydrogens is 378 g/mol. The summed E-state index contributed by atoms with van der Waals surface area (Å²) in [7, 11) is 5.41. The van der Waals surface area contributed by atoms with Gasteiger partial charge in [-0.05, 0) is 62.8 Å². The lowest BCUT2D eigenvalue weighted by atomic mass is 10.1. The van der Waals surface area contributed by atoms with Crippen LogP contribution in [0.15, 0.2) is 53.5 Å². The van der Waals surface area contributed by atoms with Crippen LogP contribution in [0.25, 0.3) is 0 Å². The van der Waals surface area contributed by atoms with Crippen molar-refractivity contribution in [3.8, 4) is 5.75 Å². The van der Waals surface area contributed by atoms with Crippen LogP contribution < -0.4 is 20.7 Å². The van der Waals surface area contributed by atoms with E-state index in [0.717, 1.165) is 42.5 Å². The highest BCUT2D eigenvalue weighted by Crippen LogP contribution is 2.12. The number of methoxy groups -OCH3 is 1. The number of anilines is 1. The molecule has 0 fully saturated rings. The van der Waals surface area contributed by atoms with Gasteiger partial charge < -0.3 is 25.6 Å². The lowest BCUT2D eigenvalue weighted by Gasteiger charge is -2.12. The van der Waals surface area contributed by atoms with E-state index in [4.69, 9.17) is 4.74 Å². The monoisotopic (exact) mass is 411 g/mol. The van der Waals surface area contributed by atoms with Crippen molar-refractivity contribution in [1.29, 1.82) is 0 Å². The fourth-order valence-corrected chi connectivity index (χ4v) is 2.86. The lowest BCUT2D eigenvalue weighted by Crippen LogP contribution is -2.38. The zero-order valence-electron chi connectivity index (χ0n) is 18.4. The fourth-order valence-electron chi connectivity index (χ4n) is 2.86. The highest BCUT2D eigenvalue weighted by molar-refractivity contribution is 5.92. The van der Waals surface area contributed by atoms with Crippen LogP contribution in [-0.4, -0.2) is 57.6 Å². The second-order valence-corrected chi connectivity index (χ2v) is 7.21. The number of hydrogen-bond acceptors (Lipinski definition) is 4. The minimum Gasteiger partial charge on any atom is -0.497 e. The molecule has 0 bridgehead atoms. The number of rotatable bonds is 10. The van der Waals surface area contributed by atoms with Crippen LogP contribution in [0, 0.1) is 0 Å². The zero-order valence-corrected chi connectivity index (χ0v) is 18.4. The minimum absolute atomic E-state index is 0.0332. The highest BCUT2D eigenvalue weighted by atomic mass is 16.5. The number of aliphatic imine (C=N–C) groups is 1. The molecule has 7 nitrogen and oxygen atoms in total. The molecule has 0 unspecified atom stereocenters. The van der Waals surface area contributed by atoms with Crippen molar-refractivity contribution < 1.29 is 9.53 Å². The number of amides is 1. The maximum atomic E-state index is 11.9. The number of likely N-dealkylation sites (N-methyl/N-ethyl adjacent to an activating group) is 1. The lowest BCUT2D eigenvalue weighted by molar-refractivity contribution is -0.116. The SMILES string of the molecule is CCNC(=NCc1cccc(NC(=O)CN(C)C)c1)NCCc1ccc(OC)cc1. The molecule has 0 atom stereocenters. The zero-order chi connectivity index (χ0) is 21.8. The average molecular weight is 412 g/mol.